The second kappa shape index (κ2) is 7.17. The lowest BCUT2D eigenvalue weighted by Crippen LogP contribution is -2.50. The van der Waals surface area contributed by atoms with Crippen molar-refractivity contribution in [3.05, 3.63) is 23.5 Å². The Morgan fingerprint density at radius 2 is 2.11 bits per heavy atom. The average molecular weight is 407 g/mol. The van der Waals surface area contributed by atoms with Crippen molar-refractivity contribution in [1.82, 2.24) is 24.9 Å². The molecule has 0 atom stereocenters. The van der Waals surface area contributed by atoms with Gasteiger partial charge in [-0.15, -0.1) is 10.2 Å². The highest BCUT2D eigenvalue weighted by atomic mass is 32.2. The highest BCUT2D eigenvalue weighted by molar-refractivity contribution is 7.89. The second-order valence-corrected chi connectivity index (χ2v) is 9.91. The molecule has 0 aliphatic heterocycles. The van der Waals surface area contributed by atoms with Gasteiger partial charge in [0.2, 0.25) is 10.0 Å². The molecule has 27 heavy (non-hydrogen) atoms. The van der Waals surface area contributed by atoms with Gasteiger partial charge in [0.1, 0.15) is 10.7 Å². The molecule has 0 unspecified atom stereocenters. The quantitative estimate of drug-likeness (QED) is 0.556. The number of H-pyrrole nitrogens is 1. The molecule has 10 heteroatoms. The second-order valence-electron chi connectivity index (χ2n) is 6.86. The van der Waals surface area contributed by atoms with Crippen LogP contribution in [0.4, 0.5) is 5.69 Å². The van der Waals surface area contributed by atoms with Gasteiger partial charge in [0.25, 0.3) is 0 Å². The van der Waals surface area contributed by atoms with Crippen molar-refractivity contribution in [2.75, 3.05) is 11.1 Å². The number of pyridine rings is 1. The van der Waals surface area contributed by atoms with E-state index in [9.17, 15) is 8.42 Å². The van der Waals surface area contributed by atoms with Gasteiger partial charge in [-0.2, -0.15) is 0 Å². The van der Waals surface area contributed by atoms with Crippen LogP contribution in [-0.4, -0.2) is 46.4 Å². The fourth-order valence-corrected chi connectivity index (χ4v) is 5.41. The summed E-state index contributed by atoms with van der Waals surface area (Å²) in [5.74, 6) is 0.177. The van der Waals surface area contributed by atoms with Crippen LogP contribution in [0.5, 0.6) is 0 Å². The maximum Gasteiger partial charge on any atom is 0.211 e. The van der Waals surface area contributed by atoms with Crippen molar-refractivity contribution in [1.29, 1.82) is 0 Å². The first-order valence-electron chi connectivity index (χ1n) is 8.98. The number of fused-ring (bicyclic) bond motifs is 1. The van der Waals surface area contributed by atoms with E-state index in [0.29, 0.717) is 6.42 Å². The number of nitrogens with zero attached hydrogens (tertiary/aromatic N) is 3. The summed E-state index contributed by atoms with van der Waals surface area (Å²) in [7, 11) is -3.17. The van der Waals surface area contributed by atoms with E-state index in [1.807, 2.05) is 26.1 Å². The van der Waals surface area contributed by atoms with Crippen LogP contribution in [0.3, 0.4) is 0 Å². The maximum absolute atomic E-state index is 11.9. The van der Waals surface area contributed by atoms with Gasteiger partial charge >= 0.3 is 0 Å². The molecule has 0 aromatic carbocycles. The van der Waals surface area contributed by atoms with Crippen molar-refractivity contribution in [3.63, 3.8) is 0 Å². The topological polar surface area (TPSA) is 113 Å². The zero-order valence-electron chi connectivity index (χ0n) is 15.2. The molecule has 0 spiro atoms. The lowest BCUT2D eigenvalue weighted by atomic mass is 9.87. The van der Waals surface area contributed by atoms with Crippen LogP contribution < -0.4 is 10.0 Å². The standard InChI is InChI=1S/C17H22N6O2S2/c1-3-6-27(24,25)23-12-7-11(8-12)20-15-13-4-5-18-16(13)19-9-14(15)17-22-21-10(2)26-17/h4-5,9,11-12,23H,3,6-8H2,1-2H3,(H2,18,19,20)/t11-,12+. The third-order valence-corrected chi connectivity index (χ3v) is 7.16. The molecular weight excluding hydrogens is 384 g/mol. The number of nitrogens with one attached hydrogen (secondary N) is 3. The SMILES string of the molecule is CCCS(=O)(=O)N[C@H]1C[C@@H](Nc2c(-c3nnc(C)s3)cnc3[nH]ccc23)C1. The zero-order valence-corrected chi connectivity index (χ0v) is 16.8. The largest absolute Gasteiger partial charge is 0.381 e. The molecule has 0 radical (unpaired) electrons. The fourth-order valence-electron chi connectivity index (χ4n) is 3.35. The average Bonchev–Trinajstić information content (AvgIpc) is 3.21. The van der Waals surface area contributed by atoms with E-state index < -0.39 is 10.0 Å². The first kappa shape index (κ1) is 18.3. The molecule has 3 aromatic heterocycles. The molecule has 144 valence electrons. The van der Waals surface area contributed by atoms with E-state index in [-0.39, 0.29) is 17.8 Å². The van der Waals surface area contributed by atoms with Gasteiger partial charge in [-0.3, -0.25) is 0 Å². The molecule has 8 nitrogen and oxygen atoms in total. The first-order valence-corrected chi connectivity index (χ1v) is 11.4. The minimum Gasteiger partial charge on any atom is -0.381 e. The number of hydrogen-bond acceptors (Lipinski definition) is 7. The normalized spacial score (nSPS) is 19.9. The predicted molar refractivity (Wildman–Crippen MR) is 107 cm³/mol. The van der Waals surface area contributed by atoms with Gasteiger partial charge in [-0.1, -0.05) is 18.3 Å². The third-order valence-electron chi connectivity index (χ3n) is 4.65. The van der Waals surface area contributed by atoms with E-state index in [1.54, 1.807) is 6.20 Å². The smallest absolute Gasteiger partial charge is 0.211 e. The molecule has 3 heterocycles. The Bertz CT molecular complexity index is 1050. The molecule has 0 bridgehead atoms. The van der Waals surface area contributed by atoms with Crippen LogP contribution in [0.2, 0.25) is 0 Å². The van der Waals surface area contributed by atoms with Gasteiger partial charge in [0.15, 0.2) is 5.01 Å². The Kier molecular flexibility index (Phi) is 4.87. The van der Waals surface area contributed by atoms with Gasteiger partial charge in [0.05, 0.1) is 17.0 Å². The Labute approximate surface area is 161 Å². The van der Waals surface area contributed by atoms with Gasteiger partial charge < -0.3 is 10.3 Å². The molecule has 1 aliphatic carbocycles. The number of anilines is 1. The number of aromatic amines is 1. The molecular formula is C17H22N6O2S2. The van der Waals surface area contributed by atoms with E-state index in [2.05, 4.69) is 30.2 Å². The van der Waals surface area contributed by atoms with E-state index in [0.717, 1.165) is 45.1 Å². The monoisotopic (exact) mass is 406 g/mol. The summed E-state index contributed by atoms with van der Waals surface area (Å²) in [5.41, 5.74) is 2.70. The van der Waals surface area contributed by atoms with E-state index in [4.69, 9.17) is 0 Å². The summed E-state index contributed by atoms with van der Waals surface area (Å²) in [5, 5.41) is 14.7. The summed E-state index contributed by atoms with van der Waals surface area (Å²) in [6, 6.07) is 2.18. The summed E-state index contributed by atoms with van der Waals surface area (Å²) in [6.45, 7) is 3.79. The molecule has 1 fully saturated rings. The minimum absolute atomic E-state index is 0.00479. The Hall–Kier alpha value is -2.04. The number of hydrogen-bond donors (Lipinski definition) is 3. The lowest BCUT2D eigenvalue weighted by molar-refractivity contribution is 0.346. The molecule has 1 saturated carbocycles. The molecule has 3 N–H and O–H groups in total. The Morgan fingerprint density at radius 3 is 2.81 bits per heavy atom. The molecule has 1 aliphatic rings. The van der Waals surface area contributed by atoms with Crippen molar-refractivity contribution in [2.24, 2.45) is 0 Å². The van der Waals surface area contributed by atoms with Gasteiger partial charge in [-0.05, 0) is 32.3 Å². The van der Waals surface area contributed by atoms with Crippen LogP contribution in [0.15, 0.2) is 18.5 Å². The Balaban J connectivity index is 1.53. The fraction of sp³-hybridized carbons (Fsp3) is 0.471. The van der Waals surface area contributed by atoms with E-state index >= 15 is 0 Å². The van der Waals surface area contributed by atoms with Crippen molar-refractivity contribution in [2.45, 2.75) is 45.2 Å². The molecule has 0 amide bonds. The van der Waals surface area contributed by atoms with Crippen molar-refractivity contribution in [3.8, 4) is 10.6 Å². The highest BCUT2D eigenvalue weighted by Crippen LogP contribution is 2.37. The maximum atomic E-state index is 11.9. The molecule has 0 saturated heterocycles. The van der Waals surface area contributed by atoms with Gasteiger partial charge in [-0.25, -0.2) is 18.1 Å². The summed E-state index contributed by atoms with van der Waals surface area (Å²) < 4.78 is 26.6. The van der Waals surface area contributed by atoms with E-state index in [1.165, 1.54) is 11.3 Å². The lowest BCUT2D eigenvalue weighted by Gasteiger charge is -2.37. The summed E-state index contributed by atoms with van der Waals surface area (Å²) in [6.07, 6.45) is 5.80. The zero-order chi connectivity index (χ0) is 19.0. The van der Waals surface area contributed by atoms with Crippen LogP contribution in [-0.2, 0) is 10.0 Å². The van der Waals surface area contributed by atoms with Crippen LogP contribution >= 0.6 is 11.3 Å². The minimum atomic E-state index is -3.17. The van der Waals surface area contributed by atoms with Crippen LogP contribution in [0.1, 0.15) is 31.2 Å². The van der Waals surface area contributed by atoms with Crippen LogP contribution in [0, 0.1) is 6.92 Å². The summed E-state index contributed by atoms with van der Waals surface area (Å²) >= 11 is 1.53. The number of sulfonamides is 1. The van der Waals surface area contributed by atoms with Crippen LogP contribution in [0.25, 0.3) is 21.6 Å². The first-order chi connectivity index (χ1) is 12.9. The molecule has 4 rings (SSSR count). The van der Waals surface area contributed by atoms with Gasteiger partial charge in [0, 0.05) is 29.9 Å². The summed E-state index contributed by atoms with van der Waals surface area (Å²) in [4.78, 5) is 7.61. The predicted octanol–water partition coefficient (Wildman–Crippen LogP) is 2.66. The molecule has 3 aromatic rings. The number of rotatable bonds is 7. The van der Waals surface area contributed by atoms with Crippen molar-refractivity contribution < 1.29 is 8.42 Å². The number of aryl methyl sites for hydroxylation is 1. The highest BCUT2D eigenvalue weighted by Gasteiger charge is 2.33. The van der Waals surface area contributed by atoms with Crippen molar-refractivity contribution >= 4 is 38.1 Å². The third kappa shape index (κ3) is 3.83. The Morgan fingerprint density at radius 1 is 1.30 bits per heavy atom. The number of aromatic nitrogens is 4.